The Morgan fingerprint density at radius 2 is 2.12 bits per heavy atom. The molecule has 0 unspecified atom stereocenters. The number of nitrogens with zero attached hydrogens (tertiary/aromatic N) is 2. The van der Waals surface area contributed by atoms with Gasteiger partial charge in [0.1, 0.15) is 12.2 Å². The molecule has 1 aromatic heterocycles. The third-order valence-corrected chi connectivity index (χ3v) is 2.30. The molecule has 0 spiro atoms. The number of aromatic amines is 1. The van der Waals surface area contributed by atoms with Crippen LogP contribution in [0.5, 0.6) is 0 Å². The van der Waals surface area contributed by atoms with Crippen molar-refractivity contribution in [2.45, 2.75) is 13.3 Å². The number of carbonyl (C=O) groups is 1. The van der Waals surface area contributed by atoms with E-state index in [-0.39, 0.29) is 5.97 Å². The van der Waals surface area contributed by atoms with Crippen molar-refractivity contribution in [3.05, 3.63) is 47.5 Å². The summed E-state index contributed by atoms with van der Waals surface area (Å²) in [7, 11) is 0. The zero-order valence-corrected chi connectivity index (χ0v) is 9.51. The molecule has 0 saturated heterocycles. The first-order chi connectivity index (χ1) is 8.29. The van der Waals surface area contributed by atoms with E-state index in [1.165, 1.54) is 6.33 Å². The van der Waals surface area contributed by atoms with Crippen LogP contribution in [0.1, 0.15) is 28.7 Å². The Kier molecular flexibility index (Phi) is 3.49. The summed E-state index contributed by atoms with van der Waals surface area (Å²) in [5.41, 5.74) is 1.63. The van der Waals surface area contributed by atoms with Crippen LogP contribution in [0.25, 0.3) is 0 Å². The molecule has 0 saturated carbocycles. The van der Waals surface area contributed by atoms with Gasteiger partial charge < -0.3 is 4.74 Å². The quantitative estimate of drug-likeness (QED) is 0.811. The molecule has 17 heavy (non-hydrogen) atoms. The van der Waals surface area contributed by atoms with E-state index in [9.17, 15) is 4.79 Å². The average Bonchev–Trinajstić information content (AvgIpc) is 2.83. The summed E-state index contributed by atoms with van der Waals surface area (Å²) in [6.45, 7) is 2.18. The number of carbonyl (C=O) groups excluding carboxylic acids is 1. The largest absolute Gasteiger partial charge is 0.462 e. The number of benzene rings is 1. The number of hydrogen-bond acceptors (Lipinski definition) is 4. The first-order valence-electron chi connectivity index (χ1n) is 5.40. The molecule has 0 bridgehead atoms. The summed E-state index contributed by atoms with van der Waals surface area (Å²) in [6.07, 6.45) is 2.14. The smallest absolute Gasteiger partial charge is 0.338 e. The summed E-state index contributed by atoms with van der Waals surface area (Å²) < 4.78 is 4.91. The second kappa shape index (κ2) is 5.25. The van der Waals surface area contributed by atoms with E-state index in [1.807, 2.05) is 12.1 Å². The summed E-state index contributed by atoms with van der Waals surface area (Å²) in [5, 5.41) is 6.57. The Morgan fingerprint density at radius 1 is 1.35 bits per heavy atom. The molecule has 1 N–H and O–H groups in total. The molecule has 2 aromatic rings. The van der Waals surface area contributed by atoms with Gasteiger partial charge in [-0.2, -0.15) is 5.10 Å². The van der Waals surface area contributed by atoms with Gasteiger partial charge in [0.2, 0.25) is 0 Å². The fourth-order valence-corrected chi connectivity index (χ4v) is 1.48. The van der Waals surface area contributed by atoms with Crippen LogP contribution in [0, 0.1) is 0 Å². The fourth-order valence-electron chi connectivity index (χ4n) is 1.48. The van der Waals surface area contributed by atoms with Crippen molar-refractivity contribution in [3.8, 4) is 0 Å². The van der Waals surface area contributed by atoms with Crippen LogP contribution < -0.4 is 0 Å². The normalized spacial score (nSPS) is 10.2. The van der Waals surface area contributed by atoms with Gasteiger partial charge in [-0.15, -0.1) is 0 Å². The standard InChI is InChI=1S/C12H13N3O2/c1-2-17-12(16)10-5-3-9(4-6-10)7-11-13-8-14-15-11/h3-6,8H,2,7H2,1H3,(H,13,14,15). The summed E-state index contributed by atoms with van der Waals surface area (Å²) in [5.74, 6) is 0.507. The average molecular weight is 231 g/mol. The van der Waals surface area contributed by atoms with Gasteiger partial charge in [0.05, 0.1) is 12.2 Å². The number of aromatic nitrogens is 3. The van der Waals surface area contributed by atoms with E-state index in [0.29, 0.717) is 18.6 Å². The lowest BCUT2D eigenvalue weighted by atomic mass is 10.1. The van der Waals surface area contributed by atoms with E-state index in [2.05, 4.69) is 15.2 Å². The van der Waals surface area contributed by atoms with Crippen LogP contribution in [0.2, 0.25) is 0 Å². The fraction of sp³-hybridized carbons (Fsp3) is 0.250. The Bertz CT molecular complexity index is 477. The van der Waals surface area contributed by atoms with Gasteiger partial charge in [0.25, 0.3) is 0 Å². The van der Waals surface area contributed by atoms with Gasteiger partial charge in [0, 0.05) is 6.42 Å². The van der Waals surface area contributed by atoms with Crippen LogP contribution in [0.15, 0.2) is 30.6 Å². The summed E-state index contributed by atoms with van der Waals surface area (Å²) >= 11 is 0. The van der Waals surface area contributed by atoms with Gasteiger partial charge in [0.15, 0.2) is 0 Å². The van der Waals surface area contributed by atoms with E-state index < -0.39 is 0 Å². The SMILES string of the molecule is CCOC(=O)c1ccc(Cc2ncn[nH]2)cc1. The van der Waals surface area contributed by atoms with Crippen LogP contribution in [0.3, 0.4) is 0 Å². The molecule has 88 valence electrons. The molecule has 0 radical (unpaired) electrons. The zero-order chi connectivity index (χ0) is 12.1. The van der Waals surface area contributed by atoms with E-state index in [1.54, 1.807) is 19.1 Å². The van der Waals surface area contributed by atoms with Crippen LogP contribution in [-0.4, -0.2) is 27.8 Å². The van der Waals surface area contributed by atoms with Crippen molar-refractivity contribution in [1.82, 2.24) is 15.2 Å². The van der Waals surface area contributed by atoms with Gasteiger partial charge in [-0.25, -0.2) is 9.78 Å². The Hall–Kier alpha value is -2.17. The second-order valence-corrected chi connectivity index (χ2v) is 3.53. The van der Waals surface area contributed by atoms with Gasteiger partial charge in [-0.05, 0) is 24.6 Å². The lowest BCUT2D eigenvalue weighted by Gasteiger charge is -2.02. The monoisotopic (exact) mass is 231 g/mol. The maximum Gasteiger partial charge on any atom is 0.338 e. The van der Waals surface area contributed by atoms with E-state index >= 15 is 0 Å². The molecule has 5 nitrogen and oxygen atoms in total. The molecule has 0 atom stereocenters. The van der Waals surface area contributed by atoms with Gasteiger partial charge >= 0.3 is 5.97 Å². The highest BCUT2D eigenvalue weighted by atomic mass is 16.5. The van der Waals surface area contributed by atoms with Crippen molar-refractivity contribution in [3.63, 3.8) is 0 Å². The van der Waals surface area contributed by atoms with Crippen LogP contribution in [-0.2, 0) is 11.2 Å². The Morgan fingerprint density at radius 3 is 2.71 bits per heavy atom. The van der Waals surface area contributed by atoms with Crippen molar-refractivity contribution < 1.29 is 9.53 Å². The maximum absolute atomic E-state index is 11.4. The molecule has 0 aliphatic rings. The van der Waals surface area contributed by atoms with Crippen molar-refractivity contribution in [2.24, 2.45) is 0 Å². The number of nitrogens with one attached hydrogen (secondary N) is 1. The number of esters is 1. The maximum atomic E-state index is 11.4. The predicted octanol–water partition coefficient (Wildman–Crippen LogP) is 1.57. The molecule has 0 fully saturated rings. The molecular weight excluding hydrogens is 218 g/mol. The third-order valence-electron chi connectivity index (χ3n) is 2.30. The highest BCUT2D eigenvalue weighted by molar-refractivity contribution is 5.89. The summed E-state index contributed by atoms with van der Waals surface area (Å²) in [4.78, 5) is 15.5. The molecule has 5 heteroatoms. The number of ether oxygens (including phenoxy) is 1. The molecule has 1 aromatic carbocycles. The molecule has 0 aliphatic carbocycles. The van der Waals surface area contributed by atoms with E-state index in [0.717, 1.165) is 11.4 Å². The van der Waals surface area contributed by atoms with Gasteiger partial charge in [-0.1, -0.05) is 12.1 Å². The molecule has 0 amide bonds. The number of H-pyrrole nitrogens is 1. The minimum Gasteiger partial charge on any atom is -0.462 e. The number of hydrogen-bond donors (Lipinski definition) is 1. The zero-order valence-electron chi connectivity index (χ0n) is 9.51. The summed E-state index contributed by atoms with van der Waals surface area (Å²) in [6, 6.07) is 7.27. The Balaban J connectivity index is 2.05. The highest BCUT2D eigenvalue weighted by Crippen LogP contribution is 2.08. The van der Waals surface area contributed by atoms with E-state index in [4.69, 9.17) is 4.74 Å². The minimum absolute atomic E-state index is 0.293. The number of rotatable bonds is 4. The van der Waals surface area contributed by atoms with Crippen molar-refractivity contribution in [2.75, 3.05) is 6.61 Å². The first kappa shape index (κ1) is 11.3. The van der Waals surface area contributed by atoms with Crippen LogP contribution in [0.4, 0.5) is 0 Å². The van der Waals surface area contributed by atoms with Crippen molar-refractivity contribution in [1.29, 1.82) is 0 Å². The minimum atomic E-state index is -0.293. The highest BCUT2D eigenvalue weighted by Gasteiger charge is 2.06. The van der Waals surface area contributed by atoms with Crippen molar-refractivity contribution >= 4 is 5.97 Å². The lowest BCUT2D eigenvalue weighted by Crippen LogP contribution is -2.04. The Labute approximate surface area is 98.8 Å². The molecule has 1 heterocycles. The molecule has 2 rings (SSSR count). The predicted molar refractivity (Wildman–Crippen MR) is 61.6 cm³/mol. The lowest BCUT2D eigenvalue weighted by molar-refractivity contribution is 0.0526. The molecule has 0 aliphatic heterocycles. The molecular formula is C12H13N3O2. The first-order valence-corrected chi connectivity index (χ1v) is 5.40. The van der Waals surface area contributed by atoms with Crippen LogP contribution >= 0.6 is 0 Å². The van der Waals surface area contributed by atoms with Gasteiger partial charge in [-0.3, -0.25) is 5.10 Å². The second-order valence-electron chi connectivity index (χ2n) is 3.53. The topological polar surface area (TPSA) is 67.9 Å². The third kappa shape index (κ3) is 2.90.